The molecule has 0 aliphatic rings. The molecule has 0 aliphatic carbocycles. The zero-order valence-corrected chi connectivity index (χ0v) is 7.83. The van der Waals surface area contributed by atoms with Crippen molar-refractivity contribution >= 4 is 23.1 Å². The molecule has 0 amide bonds. The van der Waals surface area contributed by atoms with Gasteiger partial charge in [-0.05, 0) is 12.5 Å². The van der Waals surface area contributed by atoms with Gasteiger partial charge in [0.05, 0.1) is 0 Å². The van der Waals surface area contributed by atoms with Gasteiger partial charge in [0.1, 0.15) is 0 Å². The normalized spacial score (nSPS) is 11.1. The van der Waals surface area contributed by atoms with Gasteiger partial charge in [0.25, 0.3) is 0 Å². The van der Waals surface area contributed by atoms with Crippen LogP contribution in [0.4, 0.5) is 0 Å². The van der Waals surface area contributed by atoms with Crippen LogP contribution in [0, 0.1) is 5.92 Å². The Bertz CT molecular complexity index is 189. The monoisotopic (exact) mass is 164 g/mol. The fourth-order valence-electron chi connectivity index (χ4n) is 0.477. The molecule has 0 saturated heterocycles. The zero-order chi connectivity index (χ0) is 8.31. The van der Waals surface area contributed by atoms with Crippen LogP contribution >= 0.6 is 12.2 Å². The molecule has 0 rings (SSSR count). The van der Waals surface area contributed by atoms with E-state index in [1.54, 1.807) is 6.92 Å². The molecule has 4 heteroatoms. The average Bonchev–Trinajstić information content (AvgIpc) is 1.84. The first kappa shape index (κ1) is 13.5. The van der Waals surface area contributed by atoms with Crippen LogP contribution in [-0.4, -0.2) is 10.8 Å². The first-order valence-corrected chi connectivity index (χ1v) is 3.28. The Morgan fingerprint density at radius 3 is 2.09 bits per heavy atom. The second-order valence-corrected chi connectivity index (χ2v) is 2.59. The van der Waals surface area contributed by atoms with Crippen molar-refractivity contribution in [3.05, 3.63) is 12.2 Å². The van der Waals surface area contributed by atoms with Crippen LogP contribution in [0.15, 0.2) is 12.2 Å². The number of thiocarbonyl (C=S) groups is 1. The standard InChI is InChI=1S/C7H10O2S.Li/c1-4(2)6(8)5(3)7(9)10;/h5H,1H2,2-3H3,(H,9,10);/q;+1/p-1. The Labute approximate surface area is 83.9 Å². The second kappa shape index (κ2) is 5.54. The molecule has 0 aromatic carbocycles. The smallest absolute Gasteiger partial charge is 0.867 e. The summed E-state index contributed by atoms with van der Waals surface area (Å²) in [4.78, 5) is 10.9. The molecule has 1 atom stereocenters. The van der Waals surface area contributed by atoms with Gasteiger partial charge in [0, 0.05) is 5.92 Å². The van der Waals surface area contributed by atoms with Gasteiger partial charge in [0.2, 0.25) is 0 Å². The number of hydrogen-bond donors (Lipinski definition) is 0. The molecular formula is C7H9LiO2S. The fraction of sp³-hybridized carbons (Fsp3) is 0.429. The zero-order valence-electron chi connectivity index (χ0n) is 7.01. The minimum atomic E-state index is -0.701. The second-order valence-electron chi connectivity index (χ2n) is 2.19. The van der Waals surface area contributed by atoms with Gasteiger partial charge in [-0.2, -0.15) is 0 Å². The number of carbonyl (C=O) groups excluding carboxylic acids is 1. The quantitative estimate of drug-likeness (QED) is 0.262. The van der Waals surface area contributed by atoms with Crippen molar-refractivity contribution < 1.29 is 28.8 Å². The summed E-state index contributed by atoms with van der Waals surface area (Å²) >= 11 is 4.30. The van der Waals surface area contributed by atoms with E-state index in [9.17, 15) is 9.90 Å². The first-order valence-electron chi connectivity index (χ1n) is 2.87. The predicted molar refractivity (Wildman–Crippen MR) is 41.6 cm³/mol. The molecule has 2 nitrogen and oxygen atoms in total. The summed E-state index contributed by atoms with van der Waals surface area (Å²) in [5.41, 5.74) is 0.380. The number of ketones is 1. The first-order chi connectivity index (χ1) is 4.46. The van der Waals surface area contributed by atoms with E-state index in [4.69, 9.17) is 0 Å². The summed E-state index contributed by atoms with van der Waals surface area (Å²) in [6, 6.07) is 0. The van der Waals surface area contributed by atoms with Crippen LogP contribution in [0.25, 0.3) is 0 Å². The third-order valence-electron chi connectivity index (χ3n) is 1.17. The van der Waals surface area contributed by atoms with Gasteiger partial charge >= 0.3 is 18.9 Å². The Hall–Kier alpha value is -0.103. The van der Waals surface area contributed by atoms with Crippen LogP contribution in [0.5, 0.6) is 0 Å². The van der Waals surface area contributed by atoms with E-state index < -0.39 is 11.0 Å². The predicted octanol–water partition coefficient (Wildman–Crippen LogP) is -2.54. The van der Waals surface area contributed by atoms with Crippen molar-refractivity contribution in [3.63, 3.8) is 0 Å². The van der Waals surface area contributed by atoms with Crippen LogP contribution in [0.1, 0.15) is 13.8 Å². The molecule has 0 bridgehead atoms. The minimum Gasteiger partial charge on any atom is -0.867 e. The van der Waals surface area contributed by atoms with Gasteiger partial charge < -0.3 is 5.11 Å². The topological polar surface area (TPSA) is 40.1 Å². The minimum absolute atomic E-state index is 0. The molecule has 0 N–H and O–H groups in total. The summed E-state index contributed by atoms with van der Waals surface area (Å²) in [5, 5.41) is 9.92. The SMILES string of the molecule is C=C(C)C(=O)C(C)C([O-])=S.[Li+]. The number of allylic oxidation sites excluding steroid dienone is 1. The molecule has 0 heterocycles. The Morgan fingerprint density at radius 2 is 2.00 bits per heavy atom. The van der Waals surface area contributed by atoms with Gasteiger partial charge in [0.15, 0.2) is 5.78 Å². The van der Waals surface area contributed by atoms with E-state index in [0.29, 0.717) is 5.57 Å². The maximum atomic E-state index is 10.9. The summed E-state index contributed by atoms with van der Waals surface area (Å²) in [7, 11) is 0. The molecule has 0 aromatic rings. The van der Waals surface area contributed by atoms with Crippen LogP contribution in [0.3, 0.4) is 0 Å². The average molecular weight is 164 g/mol. The molecule has 0 aromatic heterocycles. The molecule has 56 valence electrons. The van der Waals surface area contributed by atoms with Crippen LogP contribution in [0.2, 0.25) is 0 Å². The van der Waals surface area contributed by atoms with E-state index in [1.807, 2.05) is 0 Å². The molecule has 0 aliphatic heterocycles. The molecule has 0 saturated carbocycles. The Kier molecular flexibility index (Phi) is 6.79. The summed E-state index contributed by atoms with van der Waals surface area (Å²) < 4.78 is 0. The molecule has 0 spiro atoms. The maximum absolute atomic E-state index is 10.9. The van der Waals surface area contributed by atoms with Crippen LogP contribution in [-0.2, 0) is 4.79 Å². The number of carbonyl (C=O) groups is 1. The van der Waals surface area contributed by atoms with Gasteiger partial charge in [-0.15, -0.1) is 12.2 Å². The van der Waals surface area contributed by atoms with Crippen molar-refractivity contribution in [1.29, 1.82) is 0 Å². The van der Waals surface area contributed by atoms with Crippen molar-refractivity contribution in [2.45, 2.75) is 13.8 Å². The van der Waals surface area contributed by atoms with Gasteiger partial charge in [-0.3, -0.25) is 4.79 Å². The Morgan fingerprint density at radius 1 is 1.64 bits per heavy atom. The molecular weight excluding hydrogens is 155 g/mol. The van der Waals surface area contributed by atoms with Crippen molar-refractivity contribution in [2.24, 2.45) is 5.92 Å². The molecule has 1 unspecified atom stereocenters. The summed E-state index contributed by atoms with van der Waals surface area (Å²) in [6.45, 7) is 6.47. The Balaban J connectivity index is 0. The van der Waals surface area contributed by atoms with E-state index in [0.717, 1.165) is 0 Å². The number of rotatable bonds is 3. The van der Waals surface area contributed by atoms with E-state index >= 15 is 0 Å². The number of hydrogen-bond acceptors (Lipinski definition) is 3. The van der Waals surface area contributed by atoms with Crippen molar-refractivity contribution in [2.75, 3.05) is 0 Å². The maximum Gasteiger partial charge on any atom is 1.00 e. The fourth-order valence-corrected chi connectivity index (χ4v) is 0.584. The van der Waals surface area contributed by atoms with Crippen molar-refractivity contribution in [3.8, 4) is 0 Å². The van der Waals surface area contributed by atoms with Gasteiger partial charge in [-0.1, -0.05) is 18.6 Å². The molecule has 0 radical (unpaired) electrons. The van der Waals surface area contributed by atoms with E-state index in [1.165, 1.54) is 6.92 Å². The largest absolute Gasteiger partial charge is 1.00 e. The summed E-state index contributed by atoms with van der Waals surface area (Å²) in [6.07, 6.45) is 0. The molecule has 11 heavy (non-hydrogen) atoms. The van der Waals surface area contributed by atoms with Crippen LogP contribution < -0.4 is 24.0 Å². The summed E-state index contributed by atoms with van der Waals surface area (Å²) in [5.74, 6) is -0.965. The van der Waals surface area contributed by atoms with E-state index in [2.05, 4.69) is 18.8 Å². The van der Waals surface area contributed by atoms with Gasteiger partial charge in [-0.25, -0.2) is 0 Å². The third kappa shape index (κ3) is 4.36. The third-order valence-corrected chi connectivity index (χ3v) is 1.52. The molecule has 0 fully saturated rings. The van der Waals surface area contributed by atoms with E-state index in [-0.39, 0.29) is 24.6 Å². The number of Topliss-reactive ketones (excluding diaryl/α,β-unsaturated/α-hetero) is 1. The van der Waals surface area contributed by atoms with Crippen molar-refractivity contribution in [1.82, 2.24) is 0 Å².